The van der Waals surface area contributed by atoms with Crippen LogP contribution in [0, 0.1) is 6.92 Å². The highest BCUT2D eigenvalue weighted by Crippen LogP contribution is 2.45. The number of cyclic esters (lactones) is 1. The second-order valence-electron chi connectivity index (χ2n) is 8.47. The van der Waals surface area contributed by atoms with Gasteiger partial charge in [0, 0.05) is 29.6 Å². The number of hydrogen-bond acceptors (Lipinski definition) is 8. The number of ether oxygens (including phenoxy) is 2. The summed E-state index contributed by atoms with van der Waals surface area (Å²) in [5, 5.41) is 42.9. The number of phenolic OH excluding ortho intramolecular Hbond substituents is 2. The lowest BCUT2D eigenvalue weighted by Gasteiger charge is -2.37. The molecule has 1 aromatic rings. The van der Waals surface area contributed by atoms with Gasteiger partial charge in [0.15, 0.2) is 11.4 Å². The molecule has 0 saturated heterocycles. The number of allylic oxidation sites excluding steroid dienone is 2. The molecule has 0 fully saturated rings. The second kappa shape index (κ2) is 6.96. The van der Waals surface area contributed by atoms with Crippen LogP contribution in [-0.4, -0.2) is 50.0 Å². The van der Waals surface area contributed by atoms with Crippen molar-refractivity contribution in [2.24, 2.45) is 0 Å². The Balaban J connectivity index is 1.92. The highest BCUT2D eigenvalue weighted by atomic mass is 16.5. The quantitative estimate of drug-likeness (QED) is 0.525. The van der Waals surface area contributed by atoms with Gasteiger partial charge in [-0.05, 0) is 50.5 Å². The van der Waals surface area contributed by atoms with Crippen LogP contribution in [0.15, 0.2) is 34.8 Å². The molecule has 0 saturated carbocycles. The van der Waals surface area contributed by atoms with Gasteiger partial charge in [0.2, 0.25) is 0 Å². The summed E-state index contributed by atoms with van der Waals surface area (Å²) < 4.78 is 10.6. The molecule has 31 heavy (non-hydrogen) atoms. The summed E-state index contributed by atoms with van der Waals surface area (Å²) >= 11 is 0. The third-order valence-electron chi connectivity index (χ3n) is 6.19. The van der Waals surface area contributed by atoms with Crippen molar-refractivity contribution in [2.75, 3.05) is 0 Å². The first kappa shape index (κ1) is 21.1. The van der Waals surface area contributed by atoms with E-state index >= 15 is 0 Å². The summed E-state index contributed by atoms with van der Waals surface area (Å²) in [6.07, 6.45) is 0.990. The summed E-state index contributed by atoms with van der Waals surface area (Å²) in [6.45, 7) is 6.21. The minimum atomic E-state index is -2.13. The van der Waals surface area contributed by atoms with E-state index in [2.05, 4.69) is 0 Å². The molecule has 4 rings (SSSR count). The first-order chi connectivity index (χ1) is 14.4. The molecule has 4 N–H and O–H groups in total. The van der Waals surface area contributed by atoms with E-state index in [9.17, 15) is 30.0 Å². The van der Waals surface area contributed by atoms with E-state index in [1.807, 2.05) is 0 Å². The molecule has 0 amide bonds. The van der Waals surface area contributed by atoms with Gasteiger partial charge in [-0.15, -0.1) is 0 Å². The zero-order valence-electron chi connectivity index (χ0n) is 17.6. The number of carbonyl (C=O) groups excluding carboxylic acids is 2. The fourth-order valence-corrected chi connectivity index (χ4v) is 4.40. The van der Waals surface area contributed by atoms with E-state index in [0.29, 0.717) is 28.9 Å². The lowest BCUT2D eigenvalue weighted by molar-refractivity contribution is -0.141. The van der Waals surface area contributed by atoms with E-state index in [4.69, 9.17) is 9.47 Å². The van der Waals surface area contributed by atoms with E-state index in [1.54, 1.807) is 26.8 Å². The highest BCUT2D eigenvalue weighted by molar-refractivity contribution is 6.06. The number of phenols is 2. The van der Waals surface area contributed by atoms with Gasteiger partial charge < -0.3 is 29.9 Å². The molecule has 1 aliphatic carbocycles. The molecule has 0 radical (unpaired) electrons. The van der Waals surface area contributed by atoms with Gasteiger partial charge in [-0.25, -0.2) is 4.79 Å². The van der Waals surface area contributed by atoms with Crippen molar-refractivity contribution in [1.82, 2.24) is 0 Å². The maximum Gasteiger partial charge on any atom is 0.342 e. The zero-order valence-corrected chi connectivity index (χ0v) is 17.6. The smallest absolute Gasteiger partial charge is 0.342 e. The van der Waals surface area contributed by atoms with Gasteiger partial charge in [-0.2, -0.15) is 0 Å². The largest absolute Gasteiger partial charge is 0.507 e. The average molecular weight is 428 g/mol. The number of aliphatic hydroxyl groups is 2. The number of aliphatic hydroxyl groups excluding tert-OH is 1. The summed E-state index contributed by atoms with van der Waals surface area (Å²) in [6, 6.07) is 0. The summed E-state index contributed by atoms with van der Waals surface area (Å²) in [5.41, 5.74) is -0.629. The summed E-state index contributed by atoms with van der Waals surface area (Å²) in [5.74, 6) is -1.68. The Morgan fingerprint density at radius 2 is 1.87 bits per heavy atom. The number of aromatic hydroxyl groups is 2. The van der Waals surface area contributed by atoms with Crippen LogP contribution in [0.4, 0.5) is 0 Å². The fourth-order valence-electron chi connectivity index (χ4n) is 4.40. The van der Waals surface area contributed by atoms with Crippen LogP contribution in [0.3, 0.4) is 0 Å². The molecule has 1 unspecified atom stereocenters. The Hall–Kier alpha value is -3.10. The Morgan fingerprint density at radius 3 is 2.55 bits per heavy atom. The average Bonchev–Trinajstić information content (AvgIpc) is 2.70. The first-order valence-electron chi connectivity index (χ1n) is 9.96. The maximum absolute atomic E-state index is 13.1. The SMILES string of the molecule is CC1=CC2=C(Cc3c(O)c(C)c4c(c3O)C(=O)OC(C)C4)C(=O)[C@](C)(O)[C@@H](O)C2=CO1. The van der Waals surface area contributed by atoms with E-state index < -0.39 is 35.3 Å². The number of rotatable bonds is 2. The minimum Gasteiger partial charge on any atom is -0.507 e. The number of carbonyl (C=O) groups is 2. The monoisotopic (exact) mass is 428 g/mol. The van der Waals surface area contributed by atoms with Crippen LogP contribution in [0.25, 0.3) is 0 Å². The lowest BCUT2D eigenvalue weighted by atomic mass is 9.73. The summed E-state index contributed by atoms with van der Waals surface area (Å²) in [7, 11) is 0. The van der Waals surface area contributed by atoms with Crippen molar-refractivity contribution < 1.29 is 39.5 Å². The normalized spacial score (nSPS) is 27.7. The Kier molecular flexibility index (Phi) is 4.75. The van der Waals surface area contributed by atoms with Crippen molar-refractivity contribution in [2.45, 2.75) is 58.3 Å². The van der Waals surface area contributed by atoms with Crippen LogP contribution in [-0.2, 0) is 27.1 Å². The number of esters is 1. The van der Waals surface area contributed by atoms with Crippen molar-refractivity contribution in [3.05, 3.63) is 57.1 Å². The third-order valence-corrected chi connectivity index (χ3v) is 6.19. The van der Waals surface area contributed by atoms with E-state index in [1.165, 1.54) is 13.2 Å². The topological polar surface area (TPSA) is 134 Å². The van der Waals surface area contributed by atoms with Crippen LogP contribution >= 0.6 is 0 Å². The number of fused-ring (bicyclic) bond motifs is 2. The predicted molar refractivity (Wildman–Crippen MR) is 108 cm³/mol. The molecular formula is C23H24O8. The number of benzene rings is 1. The van der Waals surface area contributed by atoms with Crippen LogP contribution in [0.2, 0.25) is 0 Å². The van der Waals surface area contributed by atoms with Gasteiger partial charge >= 0.3 is 5.97 Å². The van der Waals surface area contributed by atoms with Gasteiger partial charge in [0.05, 0.1) is 6.26 Å². The van der Waals surface area contributed by atoms with Crippen LogP contribution in [0.1, 0.15) is 47.8 Å². The molecule has 2 heterocycles. The van der Waals surface area contributed by atoms with Crippen molar-refractivity contribution in [1.29, 1.82) is 0 Å². The van der Waals surface area contributed by atoms with E-state index in [0.717, 1.165) is 0 Å². The Labute approximate surface area is 178 Å². The van der Waals surface area contributed by atoms with Crippen LogP contribution < -0.4 is 0 Å². The molecule has 0 aromatic heterocycles. The van der Waals surface area contributed by atoms with Gasteiger partial charge in [0.1, 0.15) is 35.0 Å². The predicted octanol–water partition coefficient (Wildman–Crippen LogP) is 1.86. The Morgan fingerprint density at radius 1 is 1.19 bits per heavy atom. The van der Waals surface area contributed by atoms with Crippen LogP contribution in [0.5, 0.6) is 11.5 Å². The lowest BCUT2D eigenvalue weighted by Crippen LogP contribution is -2.52. The van der Waals surface area contributed by atoms with E-state index in [-0.39, 0.29) is 34.4 Å². The fraction of sp³-hybridized carbons (Fsp3) is 0.391. The first-order valence-corrected chi connectivity index (χ1v) is 9.96. The van der Waals surface area contributed by atoms with Crippen molar-refractivity contribution in [3.8, 4) is 11.5 Å². The molecule has 8 heteroatoms. The van der Waals surface area contributed by atoms with Crippen molar-refractivity contribution in [3.63, 3.8) is 0 Å². The summed E-state index contributed by atoms with van der Waals surface area (Å²) in [4.78, 5) is 25.6. The Bertz CT molecular complexity index is 1120. The standard InChI is InChI=1S/C23H24O8/c1-9-5-13-14(20(26)23(4,29)21(27)16(13)8-30-9)7-15-18(24)11(3)12-6-10(2)31-22(28)17(12)19(15)25/h5,8,10,21,24-25,27,29H,6-7H2,1-4H3/t10?,21-,23-/m0/s1. The third kappa shape index (κ3) is 3.05. The van der Waals surface area contributed by atoms with Gasteiger partial charge in [-0.1, -0.05) is 0 Å². The molecule has 8 nitrogen and oxygen atoms in total. The second-order valence-corrected chi connectivity index (χ2v) is 8.47. The molecule has 2 aliphatic heterocycles. The number of ketones is 1. The molecule has 0 bridgehead atoms. The van der Waals surface area contributed by atoms with Gasteiger partial charge in [0.25, 0.3) is 0 Å². The number of Topliss-reactive ketones (excluding diaryl/α,β-unsaturated/α-hetero) is 1. The molecule has 3 atom stereocenters. The molecule has 164 valence electrons. The van der Waals surface area contributed by atoms with Gasteiger partial charge in [-0.3, -0.25) is 4.79 Å². The molecular weight excluding hydrogens is 404 g/mol. The van der Waals surface area contributed by atoms with Crippen molar-refractivity contribution >= 4 is 11.8 Å². The zero-order chi connectivity index (χ0) is 22.8. The molecule has 1 aromatic carbocycles. The highest BCUT2D eigenvalue weighted by Gasteiger charge is 2.48. The maximum atomic E-state index is 13.1. The molecule has 0 spiro atoms. The number of hydrogen-bond donors (Lipinski definition) is 4. The minimum absolute atomic E-state index is 0.0253. The molecule has 3 aliphatic rings.